The fourth-order valence-electron chi connectivity index (χ4n) is 4.09. The third-order valence-corrected chi connectivity index (χ3v) is 6.12. The van der Waals surface area contributed by atoms with Gasteiger partial charge in [0, 0.05) is 20.3 Å². The van der Waals surface area contributed by atoms with E-state index in [1.807, 2.05) is 13.8 Å². The Balaban J connectivity index is 1.68. The first-order chi connectivity index (χ1) is 15.5. The minimum Gasteiger partial charge on any atom is -0.504 e. The maximum absolute atomic E-state index is 12.5. The van der Waals surface area contributed by atoms with Crippen LogP contribution in [-0.4, -0.2) is 40.1 Å². The van der Waals surface area contributed by atoms with Crippen LogP contribution in [0.1, 0.15) is 53.9 Å². The number of pyridine rings is 1. The van der Waals surface area contributed by atoms with Gasteiger partial charge in [-0.3, -0.25) is 14.4 Å². The van der Waals surface area contributed by atoms with E-state index in [4.69, 9.17) is 4.42 Å². The topological polar surface area (TPSA) is 145 Å². The molecule has 10 nitrogen and oxygen atoms in total. The van der Waals surface area contributed by atoms with E-state index in [0.29, 0.717) is 11.5 Å². The summed E-state index contributed by atoms with van der Waals surface area (Å²) < 4.78 is 5.83. The summed E-state index contributed by atoms with van der Waals surface area (Å²) in [6.45, 7) is 3.82. The molecule has 33 heavy (non-hydrogen) atoms. The van der Waals surface area contributed by atoms with Gasteiger partial charge in [-0.25, -0.2) is 4.98 Å². The molecule has 0 aliphatic heterocycles. The van der Waals surface area contributed by atoms with Gasteiger partial charge in [0.25, 0.3) is 16.8 Å². The third kappa shape index (κ3) is 3.76. The minimum atomic E-state index is -0.737. The molecule has 0 fully saturated rings. The molecule has 0 saturated carbocycles. The fraction of sp³-hybridized carbons (Fsp3) is 0.391. The Morgan fingerprint density at radius 3 is 2.64 bits per heavy atom. The number of hydrogen-bond acceptors (Lipinski definition) is 9. The smallest absolute Gasteiger partial charge is 0.275 e. The number of anilines is 3. The second kappa shape index (κ2) is 8.04. The lowest BCUT2D eigenvalue weighted by molar-refractivity contribution is 0.0819. The van der Waals surface area contributed by atoms with E-state index in [1.165, 1.54) is 31.3 Å². The van der Waals surface area contributed by atoms with E-state index in [-0.39, 0.29) is 34.8 Å². The van der Waals surface area contributed by atoms with Gasteiger partial charge in [0.05, 0.1) is 11.7 Å². The van der Waals surface area contributed by atoms with Crippen molar-refractivity contribution >= 4 is 23.0 Å². The predicted molar refractivity (Wildman–Crippen MR) is 122 cm³/mol. The van der Waals surface area contributed by atoms with Crippen LogP contribution < -0.4 is 21.5 Å². The summed E-state index contributed by atoms with van der Waals surface area (Å²) in [5.74, 6) is 0.134. The molecule has 3 aromatic rings. The normalized spacial score (nSPS) is 16.9. The van der Waals surface area contributed by atoms with Gasteiger partial charge in [-0.2, -0.15) is 0 Å². The number of amides is 1. The molecule has 2 heterocycles. The molecule has 0 saturated heterocycles. The number of rotatable bonds is 6. The lowest BCUT2D eigenvalue weighted by Gasteiger charge is -2.38. The highest BCUT2D eigenvalue weighted by molar-refractivity contribution is 5.97. The Morgan fingerprint density at radius 2 is 1.97 bits per heavy atom. The van der Waals surface area contributed by atoms with Crippen molar-refractivity contribution in [3.63, 3.8) is 0 Å². The monoisotopic (exact) mass is 454 g/mol. The molecule has 1 aliphatic carbocycles. The summed E-state index contributed by atoms with van der Waals surface area (Å²) in [4.78, 5) is 42.3. The van der Waals surface area contributed by atoms with Crippen molar-refractivity contribution in [3.05, 3.63) is 61.6 Å². The molecule has 2 aromatic heterocycles. The SMILES string of the molecule is CN(C)C(=O)c1nccc(Nc2c(NC3c4oc(CO)cc4CCC3(C)C)c(=O)c2=O)c1O. The minimum absolute atomic E-state index is 0.0124. The van der Waals surface area contributed by atoms with Gasteiger partial charge in [0.15, 0.2) is 11.4 Å². The zero-order valence-electron chi connectivity index (χ0n) is 18.9. The largest absolute Gasteiger partial charge is 0.504 e. The summed E-state index contributed by atoms with van der Waals surface area (Å²) in [7, 11) is 3.05. The molecule has 1 amide bonds. The molecule has 4 rings (SSSR count). The molecule has 1 atom stereocenters. The number of furan rings is 1. The average molecular weight is 454 g/mol. The predicted octanol–water partition coefficient (Wildman–Crippen LogP) is 2.04. The summed E-state index contributed by atoms with van der Waals surface area (Å²) in [5.41, 5.74) is -0.823. The lowest BCUT2D eigenvalue weighted by atomic mass is 9.73. The molecule has 1 aliphatic rings. The summed E-state index contributed by atoms with van der Waals surface area (Å²) in [6.07, 6.45) is 2.91. The lowest BCUT2D eigenvalue weighted by Crippen LogP contribution is -2.41. The van der Waals surface area contributed by atoms with Crippen molar-refractivity contribution in [3.8, 4) is 5.75 Å². The van der Waals surface area contributed by atoms with E-state index in [0.717, 1.165) is 18.4 Å². The maximum atomic E-state index is 12.5. The average Bonchev–Trinajstić information content (AvgIpc) is 3.20. The second-order valence-electron chi connectivity index (χ2n) is 9.11. The van der Waals surface area contributed by atoms with Gasteiger partial charge in [-0.1, -0.05) is 13.8 Å². The molecule has 0 radical (unpaired) electrons. The van der Waals surface area contributed by atoms with Crippen LogP contribution in [0.4, 0.5) is 17.1 Å². The molecule has 0 spiro atoms. The number of fused-ring (bicyclic) bond motifs is 1. The molecule has 10 heteroatoms. The van der Waals surface area contributed by atoms with E-state index >= 15 is 0 Å². The number of carbonyl (C=O) groups is 1. The van der Waals surface area contributed by atoms with Crippen LogP contribution >= 0.6 is 0 Å². The van der Waals surface area contributed by atoms with Gasteiger partial charge in [-0.15, -0.1) is 0 Å². The Morgan fingerprint density at radius 1 is 1.27 bits per heavy atom. The molecule has 0 bridgehead atoms. The van der Waals surface area contributed by atoms with Crippen LogP contribution in [0, 0.1) is 5.41 Å². The van der Waals surface area contributed by atoms with Gasteiger partial charge in [-0.05, 0) is 36.0 Å². The standard InChI is InChI=1S/C23H26N4O6/c1-23(2)7-5-11-9-12(10-28)33-20(11)21(23)26-15-14(18(30)19(15)31)25-13-6-8-24-16(17(13)29)22(32)27(3)4/h6,8-9,21,26,28-29H,5,7,10H2,1-4H3,(H,24,25). The zero-order valence-corrected chi connectivity index (χ0v) is 18.9. The highest BCUT2D eigenvalue weighted by atomic mass is 16.4. The third-order valence-electron chi connectivity index (χ3n) is 6.12. The van der Waals surface area contributed by atoms with Gasteiger partial charge >= 0.3 is 0 Å². The summed E-state index contributed by atoms with van der Waals surface area (Å²) in [5, 5.41) is 25.9. The van der Waals surface area contributed by atoms with Crippen LogP contribution in [0.3, 0.4) is 0 Å². The number of hydrogen-bond donors (Lipinski definition) is 4. The molecule has 1 aromatic carbocycles. The van der Waals surface area contributed by atoms with Crippen LogP contribution in [0.2, 0.25) is 0 Å². The van der Waals surface area contributed by atoms with E-state index < -0.39 is 28.6 Å². The Labute approximate surface area is 189 Å². The summed E-state index contributed by atoms with van der Waals surface area (Å²) >= 11 is 0. The number of aliphatic hydroxyl groups is 1. The van der Waals surface area contributed by atoms with E-state index in [9.17, 15) is 24.6 Å². The highest BCUT2D eigenvalue weighted by Crippen LogP contribution is 2.47. The van der Waals surface area contributed by atoms with Gasteiger partial charge < -0.3 is 30.2 Å². The van der Waals surface area contributed by atoms with Crippen molar-refractivity contribution in [1.82, 2.24) is 9.88 Å². The molecular weight excluding hydrogens is 428 g/mol. The highest BCUT2D eigenvalue weighted by Gasteiger charge is 2.40. The van der Waals surface area contributed by atoms with Crippen LogP contribution in [0.5, 0.6) is 5.75 Å². The molecule has 4 N–H and O–H groups in total. The van der Waals surface area contributed by atoms with Crippen molar-refractivity contribution in [1.29, 1.82) is 0 Å². The zero-order chi connectivity index (χ0) is 24.1. The Bertz CT molecular complexity index is 1300. The quantitative estimate of drug-likeness (QED) is 0.411. The number of aromatic hydroxyl groups is 1. The molecule has 174 valence electrons. The van der Waals surface area contributed by atoms with E-state index in [1.54, 1.807) is 6.07 Å². The number of nitrogens with one attached hydrogen (secondary N) is 2. The first kappa shape index (κ1) is 22.5. The van der Waals surface area contributed by atoms with Crippen LogP contribution in [0.25, 0.3) is 0 Å². The number of aryl methyl sites for hydroxylation is 1. The van der Waals surface area contributed by atoms with Crippen LogP contribution in [0.15, 0.2) is 32.3 Å². The number of nitrogens with zero attached hydrogens (tertiary/aromatic N) is 2. The fourth-order valence-corrected chi connectivity index (χ4v) is 4.09. The molecular formula is C23H26N4O6. The second-order valence-corrected chi connectivity index (χ2v) is 9.11. The first-order valence-electron chi connectivity index (χ1n) is 10.5. The molecule has 1 unspecified atom stereocenters. The maximum Gasteiger partial charge on any atom is 0.275 e. The van der Waals surface area contributed by atoms with Crippen molar-refractivity contribution in [2.75, 3.05) is 24.7 Å². The number of aliphatic hydroxyl groups excluding tert-OH is 1. The number of carbonyl (C=O) groups excluding carboxylic acids is 1. The van der Waals surface area contributed by atoms with Crippen molar-refractivity contribution in [2.45, 2.75) is 39.3 Å². The number of aromatic nitrogens is 1. The summed E-state index contributed by atoms with van der Waals surface area (Å²) in [6, 6.07) is 2.80. The first-order valence-corrected chi connectivity index (χ1v) is 10.5. The van der Waals surface area contributed by atoms with Gasteiger partial charge in [0.1, 0.15) is 29.5 Å². The van der Waals surface area contributed by atoms with Crippen LogP contribution in [-0.2, 0) is 13.0 Å². The van der Waals surface area contributed by atoms with Gasteiger partial charge in [0.2, 0.25) is 0 Å². The Hall–Kier alpha value is -3.66. The van der Waals surface area contributed by atoms with Crippen molar-refractivity contribution in [2.24, 2.45) is 5.41 Å². The van der Waals surface area contributed by atoms with Crippen molar-refractivity contribution < 1.29 is 19.4 Å². The van der Waals surface area contributed by atoms with E-state index in [2.05, 4.69) is 15.6 Å². The Kier molecular flexibility index (Phi) is 5.49.